The number of esters is 2. The van der Waals surface area contributed by atoms with Gasteiger partial charge in [0, 0.05) is 11.4 Å². The van der Waals surface area contributed by atoms with Crippen LogP contribution in [0.3, 0.4) is 0 Å². The Hall–Kier alpha value is -0.840. The van der Waals surface area contributed by atoms with Crippen molar-refractivity contribution in [1.29, 1.82) is 0 Å². The highest BCUT2D eigenvalue weighted by Crippen LogP contribution is 2.03. The van der Waals surface area contributed by atoms with Gasteiger partial charge in [-0.25, -0.2) is 9.59 Å². The average Bonchev–Trinajstić information content (AvgIpc) is 2.15. The van der Waals surface area contributed by atoms with Gasteiger partial charge in [0.2, 0.25) is 0 Å². The first kappa shape index (κ1) is 13.2. The second-order valence-electron chi connectivity index (χ2n) is 2.28. The molecule has 0 fully saturated rings. The number of carbonyl (C=O) groups excluding carboxylic acids is 2. The van der Waals surface area contributed by atoms with Crippen LogP contribution in [0.15, 0.2) is 11.6 Å². The van der Waals surface area contributed by atoms with Crippen LogP contribution in [0.5, 0.6) is 0 Å². The average molecular weight is 265 g/mol. The Morgan fingerprint density at radius 3 is 2.21 bits per heavy atom. The molecule has 0 unspecified atom stereocenters. The summed E-state index contributed by atoms with van der Waals surface area (Å²) in [5.41, 5.74) is 0.255. The van der Waals surface area contributed by atoms with Crippen LogP contribution in [0.4, 0.5) is 0 Å². The van der Waals surface area contributed by atoms with E-state index in [9.17, 15) is 9.59 Å². The lowest BCUT2D eigenvalue weighted by molar-refractivity contribution is -0.140. The first-order valence-electron chi connectivity index (χ1n) is 4.26. The maximum atomic E-state index is 11.2. The Morgan fingerprint density at radius 1 is 1.21 bits per heavy atom. The minimum absolute atomic E-state index is 0.255. The van der Waals surface area contributed by atoms with E-state index in [0.29, 0.717) is 0 Å². The summed E-state index contributed by atoms with van der Waals surface area (Å²) in [5, 5.41) is 0.268. The first-order valence-corrected chi connectivity index (χ1v) is 5.38. The molecule has 0 saturated heterocycles. The third kappa shape index (κ3) is 5.01. The van der Waals surface area contributed by atoms with E-state index in [-0.39, 0.29) is 24.1 Å². The Labute approximate surface area is 91.4 Å². The zero-order chi connectivity index (χ0) is 11.0. The van der Waals surface area contributed by atoms with Gasteiger partial charge in [-0.1, -0.05) is 15.9 Å². The maximum absolute atomic E-state index is 11.2. The minimum atomic E-state index is -0.532. The molecular weight excluding hydrogens is 252 g/mol. The minimum Gasteiger partial charge on any atom is -0.463 e. The van der Waals surface area contributed by atoms with Crippen LogP contribution in [0.2, 0.25) is 0 Å². The predicted octanol–water partition coefficient (Wildman–Crippen LogP) is 1.43. The summed E-state index contributed by atoms with van der Waals surface area (Å²) in [6.07, 6.45) is 1.14. The smallest absolute Gasteiger partial charge is 0.335 e. The second-order valence-corrected chi connectivity index (χ2v) is 2.84. The molecule has 0 atom stereocenters. The quantitative estimate of drug-likeness (QED) is 0.428. The molecule has 0 radical (unpaired) electrons. The highest BCUT2D eigenvalue weighted by Gasteiger charge is 2.11. The van der Waals surface area contributed by atoms with Crippen molar-refractivity contribution in [2.24, 2.45) is 0 Å². The zero-order valence-electron chi connectivity index (χ0n) is 8.21. The molecule has 0 aromatic heterocycles. The van der Waals surface area contributed by atoms with E-state index < -0.39 is 11.9 Å². The highest BCUT2D eigenvalue weighted by molar-refractivity contribution is 9.09. The first-order chi connectivity index (χ1) is 6.65. The van der Waals surface area contributed by atoms with Crippen LogP contribution in [0, 0.1) is 0 Å². The lowest BCUT2D eigenvalue weighted by Gasteiger charge is -2.03. The molecule has 0 spiro atoms. The number of ether oxygens (including phenoxy) is 2. The van der Waals surface area contributed by atoms with Crippen molar-refractivity contribution in [2.45, 2.75) is 13.8 Å². The standard InChI is InChI=1S/C9H13BrO4/c1-3-13-8(11)5-7(6-10)9(12)14-4-2/h5H,3-4,6H2,1-2H3/b7-5-. The van der Waals surface area contributed by atoms with E-state index in [1.54, 1.807) is 13.8 Å². The van der Waals surface area contributed by atoms with E-state index in [1.807, 2.05) is 0 Å². The predicted molar refractivity (Wildman–Crippen MR) is 55.1 cm³/mol. The molecule has 80 valence electrons. The molecule has 0 N–H and O–H groups in total. The van der Waals surface area contributed by atoms with E-state index in [1.165, 1.54) is 0 Å². The fourth-order valence-electron chi connectivity index (χ4n) is 0.702. The van der Waals surface area contributed by atoms with Crippen LogP contribution in [-0.2, 0) is 19.1 Å². The molecule has 4 nitrogen and oxygen atoms in total. The molecule has 0 heterocycles. The molecule has 0 rings (SSSR count). The van der Waals surface area contributed by atoms with Crippen molar-refractivity contribution in [3.8, 4) is 0 Å². The number of carbonyl (C=O) groups is 2. The lowest BCUT2D eigenvalue weighted by Crippen LogP contribution is -2.11. The number of hydrogen-bond donors (Lipinski definition) is 0. The number of rotatable bonds is 5. The van der Waals surface area contributed by atoms with Gasteiger partial charge in [-0.15, -0.1) is 0 Å². The summed E-state index contributed by atoms with van der Waals surface area (Å²) < 4.78 is 9.39. The summed E-state index contributed by atoms with van der Waals surface area (Å²) >= 11 is 3.09. The number of alkyl halides is 1. The van der Waals surface area contributed by atoms with Gasteiger partial charge in [0.15, 0.2) is 0 Å². The molecule has 14 heavy (non-hydrogen) atoms. The van der Waals surface area contributed by atoms with E-state index in [2.05, 4.69) is 20.7 Å². The SMILES string of the molecule is CCOC(=O)/C=C(/CBr)C(=O)OCC. The molecule has 0 amide bonds. The van der Waals surface area contributed by atoms with E-state index in [4.69, 9.17) is 4.74 Å². The molecule has 0 aliphatic rings. The summed E-state index contributed by atoms with van der Waals surface area (Å²) in [6, 6.07) is 0. The molecule has 0 saturated carbocycles. The molecule has 0 aliphatic heterocycles. The summed E-state index contributed by atoms with van der Waals surface area (Å²) in [5.74, 6) is -1.03. The van der Waals surface area contributed by atoms with Crippen molar-refractivity contribution < 1.29 is 19.1 Å². The van der Waals surface area contributed by atoms with Crippen LogP contribution in [0.25, 0.3) is 0 Å². The molecule has 5 heteroatoms. The fraction of sp³-hybridized carbons (Fsp3) is 0.556. The van der Waals surface area contributed by atoms with E-state index >= 15 is 0 Å². The van der Waals surface area contributed by atoms with Gasteiger partial charge in [0.05, 0.1) is 18.8 Å². The second kappa shape index (κ2) is 7.55. The Morgan fingerprint density at radius 2 is 1.79 bits per heavy atom. The maximum Gasteiger partial charge on any atom is 0.335 e. The van der Waals surface area contributed by atoms with Gasteiger partial charge < -0.3 is 9.47 Å². The van der Waals surface area contributed by atoms with Crippen LogP contribution in [-0.4, -0.2) is 30.5 Å². The number of hydrogen-bond acceptors (Lipinski definition) is 4. The zero-order valence-corrected chi connectivity index (χ0v) is 9.80. The van der Waals surface area contributed by atoms with Crippen molar-refractivity contribution >= 4 is 27.9 Å². The molecule has 0 aromatic rings. The Bertz CT molecular complexity index is 235. The molecule has 0 aliphatic carbocycles. The Balaban J connectivity index is 4.38. The van der Waals surface area contributed by atoms with Crippen LogP contribution >= 0.6 is 15.9 Å². The molecular formula is C9H13BrO4. The van der Waals surface area contributed by atoms with Crippen molar-refractivity contribution in [2.75, 3.05) is 18.5 Å². The normalized spacial score (nSPS) is 10.9. The van der Waals surface area contributed by atoms with Gasteiger partial charge >= 0.3 is 11.9 Å². The third-order valence-electron chi connectivity index (χ3n) is 1.26. The topological polar surface area (TPSA) is 52.6 Å². The highest BCUT2D eigenvalue weighted by atomic mass is 79.9. The Kier molecular flexibility index (Phi) is 7.10. The van der Waals surface area contributed by atoms with Gasteiger partial charge in [-0.05, 0) is 13.8 Å². The van der Waals surface area contributed by atoms with Crippen molar-refractivity contribution in [1.82, 2.24) is 0 Å². The van der Waals surface area contributed by atoms with Gasteiger partial charge in [0.1, 0.15) is 0 Å². The third-order valence-corrected chi connectivity index (χ3v) is 1.86. The van der Waals surface area contributed by atoms with Gasteiger partial charge in [-0.3, -0.25) is 0 Å². The summed E-state index contributed by atoms with van der Waals surface area (Å²) in [4.78, 5) is 22.2. The van der Waals surface area contributed by atoms with E-state index in [0.717, 1.165) is 6.08 Å². The fourth-order valence-corrected chi connectivity index (χ4v) is 1.09. The monoisotopic (exact) mass is 264 g/mol. The van der Waals surface area contributed by atoms with Gasteiger partial charge in [0.25, 0.3) is 0 Å². The van der Waals surface area contributed by atoms with Crippen molar-refractivity contribution in [3.63, 3.8) is 0 Å². The largest absolute Gasteiger partial charge is 0.463 e. The summed E-state index contributed by atoms with van der Waals surface area (Å²) in [6.45, 7) is 3.97. The molecule has 0 aromatic carbocycles. The van der Waals surface area contributed by atoms with Gasteiger partial charge in [-0.2, -0.15) is 0 Å². The van der Waals surface area contributed by atoms with Crippen molar-refractivity contribution in [3.05, 3.63) is 11.6 Å². The van der Waals surface area contributed by atoms with Crippen LogP contribution in [0.1, 0.15) is 13.8 Å². The lowest BCUT2D eigenvalue weighted by atomic mass is 10.3. The number of halogens is 1. The molecule has 0 bridgehead atoms. The summed E-state index contributed by atoms with van der Waals surface area (Å²) in [7, 11) is 0. The van der Waals surface area contributed by atoms with Crippen LogP contribution < -0.4 is 0 Å².